The van der Waals surface area contributed by atoms with E-state index in [1.165, 1.54) is 25.1 Å². The average molecular weight is 335 g/mol. The number of ether oxygens (including phenoxy) is 1. The van der Waals surface area contributed by atoms with E-state index in [4.69, 9.17) is 21.6 Å². The molecule has 0 spiro atoms. The average Bonchev–Trinajstić information content (AvgIpc) is 2.71. The van der Waals surface area contributed by atoms with Gasteiger partial charge in [0.1, 0.15) is 18.2 Å². The Morgan fingerprint density at radius 2 is 2.14 bits per heavy atom. The van der Waals surface area contributed by atoms with Crippen LogP contribution in [0.5, 0.6) is 0 Å². The van der Waals surface area contributed by atoms with E-state index in [-0.39, 0.29) is 16.3 Å². The second-order valence-electron chi connectivity index (χ2n) is 4.71. The van der Waals surface area contributed by atoms with Crippen LogP contribution in [0.25, 0.3) is 0 Å². The maximum Gasteiger partial charge on any atom is 0.416 e. The predicted molar refractivity (Wildman–Crippen MR) is 70.4 cm³/mol. The molecule has 1 unspecified atom stereocenters. The van der Waals surface area contributed by atoms with Crippen LogP contribution in [-0.2, 0) is 4.74 Å². The molecule has 0 bridgehead atoms. The summed E-state index contributed by atoms with van der Waals surface area (Å²) >= 11 is 5.82. The summed E-state index contributed by atoms with van der Waals surface area (Å²) in [6.07, 6.45) is -9.88. The number of anilines is 1. The van der Waals surface area contributed by atoms with Crippen LogP contribution in [0.3, 0.4) is 0 Å². The quantitative estimate of drug-likeness (QED) is 0.902. The number of alkyl halides is 3. The van der Waals surface area contributed by atoms with Crippen LogP contribution in [0.15, 0.2) is 18.2 Å². The lowest BCUT2D eigenvalue weighted by molar-refractivity contribution is -0.212. The van der Waals surface area contributed by atoms with Gasteiger partial charge in [-0.15, -0.1) is 0 Å². The molecule has 2 rings (SSSR count). The first-order valence-electron chi connectivity index (χ1n) is 6.11. The van der Waals surface area contributed by atoms with Crippen LogP contribution in [-0.4, -0.2) is 35.6 Å². The summed E-state index contributed by atoms with van der Waals surface area (Å²) in [6, 6.07) is 3.86. The lowest BCUT2D eigenvalue weighted by Crippen LogP contribution is -2.51. The minimum atomic E-state index is -4.92. The van der Waals surface area contributed by atoms with Crippen molar-refractivity contribution in [2.75, 3.05) is 4.90 Å². The first kappa shape index (κ1) is 16.4. The van der Waals surface area contributed by atoms with Crippen molar-refractivity contribution in [2.45, 2.75) is 31.3 Å². The van der Waals surface area contributed by atoms with Gasteiger partial charge in [-0.2, -0.15) is 18.4 Å². The molecule has 0 radical (unpaired) electrons. The van der Waals surface area contributed by atoms with Crippen molar-refractivity contribution in [1.29, 1.82) is 5.26 Å². The molecule has 0 saturated carbocycles. The number of hydrogen-bond donors (Lipinski definition) is 1. The number of nitrogens with zero attached hydrogens (tertiary/aromatic N) is 2. The van der Waals surface area contributed by atoms with Gasteiger partial charge in [0.2, 0.25) is 0 Å². The number of carbonyl (C=O) groups excluding carboxylic acids is 1. The van der Waals surface area contributed by atoms with Crippen LogP contribution in [0.1, 0.15) is 12.5 Å². The fourth-order valence-corrected chi connectivity index (χ4v) is 2.45. The van der Waals surface area contributed by atoms with Gasteiger partial charge in [-0.3, -0.25) is 4.90 Å². The molecule has 1 aliphatic rings. The summed E-state index contributed by atoms with van der Waals surface area (Å²) in [4.78, 5) is 12.5. The van der Waals surface area contributed by atoms with Crippen LogP contribution < -0.4 is 4.90 Å². The number of amides is 1. The lowest BCUT2D eigenvalue weighted by atomic mass is 10.0. The zero-order valence-corrected chi connectivity index (χ0v) is 11.9. The number of carbonyl (C=O) groups is 1. The van der Waals surface area contributed by atoms with Gasteiger partial charge in [0.15, 0.2) is 6.10 Å². The van der Waals surface area contributed by atoms with Gasteiger partial charge in [-0.05, 0) is 25.1 Å². The van der Waals surface area contributed by atoms with E-state index in [9.17, 15) is 23.1 Å². The Hall–Kier alpha value is -1.98. The molecule has 1 N–H and O–H groups in total. The van der Waals surface area contributed by atoms with Gasteiger partial charge >= 0.3 is 12.3 Å². The fourth-order valence-electron chi connectivity index (χ4n) is 2.23. The highest BCUT2D eigenvalue weighted by atomic mass is 35.5. The number of aliphatic hydroxyl groups is 1. The van der Waals surface area contributed by atoms with E-state index in [0.29, 0.717) is 4.90 Å². The second-order valence-corrected chi connectivity index (χ2v) is 5.12. The van der Waals surface area contributed by atoms with E-state index >= 15 is 0 Å². The molecule has 3 atom stereocenters. The third-order valence-electron chi connectivity index (χ3n) is 3.27. The van der Waals surface area contributed by atoms with Crippen molar-refractivity contribution < 1.29 is 27.8 Å². The van der Waals surface area contributed by atoms with Gasteiger partial charge in [-0.25, -0.2) is 4.79 Å². The number of benzene rings is 1. The van der Waals surface area contributed by atoms with Gasteiger partial charge < -0.3 is 9.84 Å². The Bertz CT molecular complexity index is 644. The number of cyclic esters (lactones) is 1. The standard InChI is InChI=1S/C13H10ClF3N2O3/c1-6-10(11(20)13(15,16)17)19(12(21)22-6)8-3-2-7(5-18)9(14)4-8/h2-4,6,10-11,20H,1H3/t6-,10+,11?/m0/s1. The molecule has 0 aromatic heterocycles. The van der Waals surface area contributed by atoms with Crippen molar-refractivity contribution in [3.05, 3.63) is 28.8 Å². The zero-order chi connectivity index (χ0) is 16.7. The normalized spacial score (nSPS) is 23.1. The molecule has 9 heteroatoms. The summed E-state index contributed by atoms with van der Waals surface area (Å²) in [6.45, 7) is 1.25. The zero-order valence-electron chi connectivity index (χ0n) is 11.1. The first-order valence-corrected chi connectivity index (χ1v) is 6.49. The molecular formula is C13H10ClF3N2O3. The first-order chi connectivity index (χ1) is 10.2. The van der Waals surface area contributed by atoms with Crippen molar-refractivity contribution >= 4 is 23.4 Å². The van der Waals surface area contributed by atoms with Crippen molar-refractivity contribution in [3.63, 3.8) is 0 Å². The Kier molecular flexibility index (Phi) is 4.22. The molecule has 1 heterocycles. The number of nitriles is 1. The Balaban J connectivity index is 2.44. The minimum Gasteiger partial charge on any atom is -0.444 e. The number of halogens is 4. The van der Waals surface area contributed by atoms with Crippen molar-refractivity contribution in [3.8, 4) is 6.07 Å². The van der Waals surface area contributed by atoms with Gasteiger partial charge in [0.05, 0.1) is 10.6 Å². The SMILES string of the molecule is C[C@@H]1OC(=O)N(c2ccc(C#N)c(Cl)c2)[C@H]1C(O)C(F)(F)F. The van der Waals surface area contributed by atoms with Crippen LogP contribution in [0.4, 0.5) is 23.7 Å². The summed E-state index contributed by atoms with van der Waals surface area (Å²) in [5.74, 6) is 0. The highest BCUT2D eigenvalue weighted by Gasteiger charge is 2.54. The number of rotatable bonds is 2. The number of aliphatic hydroxyl groups excluding tert-OH is 1. The molecule has 1 aromatic carbocycles. The third-order valence-corrected chi connectivity index (χ3v) is 3.59. The largest absolute Gasteiger partial charge is 0.444 e. The molecule has 22 heavy (non-hydrogen) atoms. The molecular weight excluding hydrogens is 325 g/mol. The van der Waals surface area contributed by atoms with E-state index in [1.54, 1.807) is 6.07 Å². The smallest absolute Gasteiger partial charge is 0.416 e. The minimum absolute atomic E-state index is 0.00616. The topological polar surface area (TPSA) is 73.6 Å². The highest BCUT2D eigenvalue weighted by molar-refractivity contribution is 6.32. The molecule has 1 fully saturated rings. The molecule has 5 nitrogen and oxygen atoms in total. The Morgan fingerprint density at radius 1 is 1.50 bits per heavy atom. The molecule has 1 aromatic rings. The Labute approximate surface area is 128 Å². The second kappa shape index (κ2) is 5.66. The summed E-state index contributed by atoms with van der Waals surface area (Å²) in [5, 5.41) is 18.3. The van der Waals surface area contributed by atoms with E-state index in [1.807, 2.05) is 0 Å². The van der Waals surface area contributed by atoms with Crippen LogP contribution in [0.2, 0.25) is 5.02 Å². The monoisotopic (exact) mass is 334 g/mol. The fraction of sp³-hybridized carbons (Fsp3) is 0.385. The van der Waals surface area contributed by atoms with Crippen LogP contribution >= 0.6 is 11.6 Å². The lowest BCUT2D eigenvalue weighted by Gasteiger charge is -2.29. The van der Waals surface area contributed by atoms with Crippen molar-refractivity contribution in [2.24, 2.45) is 0 Å². The molecule has 1 amide bonds. The molecule has 1 saturated heterocycles. The van der Waals surface area contributed by atoms with E-state index in [2.05, 4.69) is 0 Å². The Morgan fingerprint density at radius 3 is 2.64 bits per heavy atom. The summed E-state index contributed by atoms with van der Waals surface area (Å²) in [7, 11) is 0. The maximum absolute atomic E-state index is 12.8. The van der Waals surface area contributed by atoms with E-state index < -0.39 is 30.5 Å². The van der Waals surface area contributed by atoms with Gasteiger partial charge in [0, 0.05) is 5.69 Å². The predicted octanol–water partition coefficient (Wildman–Crippen LogP) is 2.85. The van der Waals surface area contributed by atoms with E-state index in [0.717, 1.165) is 0 Å². The van der Waals surface area contributed by atoms with Gasteiger partial charge in [-0.1, -0.05) is 11.6 Å². The highest BCUT2D eigenvalue weighted by Crippen LogP contribution is 2.35. The van der Waals surface area contributed by atoms with Crippen molar-refractivity contribution in [1.82, 2.24) is 0 Å². The summed E-state index contributed by atoms with van der Waals surface area (Å²) < 4.78 is 43.1. The van der Waals surface area contributed by atoms with Crippen LogP contribution in [0, 0.1) is 11.3 Å². The number of hydrogen-bond acceptors (Lipinski definition) is 4. The molecule has 0 aliphatic carbocycles. The maximum atomic E-state index is 12.8. The molecule has 118 valence electrons. The third kappa shape index (κ3) is 2.82. The molecule has 1 aliphatic heterocycles. The summed E-state index contributed by atoms with van der Waals surface area (Å²) in [5.41, 5.74) is 0.116. The van der Waals surface area contributed by atoms with Gasteiger partial charge in [0.25, 0.3) is 0 Å².